The van der Waals surface area contributed by atoms with Crippen molar-refractivity contribution in [1.29, 1.82) is 0 Å². The zero-order valence-electron chi connectivity index (χ0n) is 18.9. The molecular formula is C23H30N6O2. The first kappa shape index (κ1) is 21.2. The van der Waals surface area contributed by atoms with Gasteiger partial charge in [0.15, 0.2) is 11.3 Å². The van der Waals surface area contributed by atoms with Crippen LogP contribution in [-0.4, -0.2) is 49.9 Å². The molecule has 0 atom stereocenters. The fourth-order valence-electron chi connectivity index (χ4n) is 4.27. The molecule has 3 heterocycles. The second-order valence-electron chi connectivity index (χ2n) is 9.56. The highest BCUT2D eigenvalue weighted by Crippen LogP contribution is 2.39. The van der Waals surface area contributed by atoms with Crippen molar-refractivity contribution in [3.63, 3.8) is 0 Å². The number of nitrogens with zero attached hydrogens (tertiary/aromatic N) is 6. The van der Waals surface area contributed by atoms with Gasteiger partial charge in [0.2, 0.25) is 5.95 Å². The van der Waals surface area contributed by atoms with E-state index in [1.165, 1.54) is 6.42 Å². The summed E-state index contributed by atoms with van der Waals surface area (Å²) in [5, 5.41) is 15.7. The molecule has 0 aromatic carbocycles. The van der Waals surface area contributed by atoms with Crippen molar-refractivity contribution in [2.24, 2.45) is 0 Å². The maximum absolute atomic E-state index is 11.9. The molecule has 0 unspecified atom stereocenters. The van der Waals surface area contributed by atoms with E-state index in [9.17, 15) is 9.90 Å². The number of carboxylic acids is 1. The molecule has 31 heavy (non-hydrogen) atoms. The molecule has 3 aromatic heterocycles. The summed E-state index contributed by atoms with van der Waals surface area (Å²) in [4.78, 5) is 27.2. The predicted octanol–water partition coefficient (Wildman–Crippen LogP) is 4.46. The number of pyridine rings is 1. The van der Waals surface area contributed by atoms with E-state index in [0.29, 0.717) is 11.6 Å². The lowest BCUT2D eigenvalue weighted by Gasteiger charge is -2.22. The van der Waals surface area contributed by atoms with Gasteiger partial charge in [-0.25, -0.2) is 24.4 Å². The molecule has 0 spiro atoms. The van der Waals surface area contributed by atoms with E-state index < -0.39 is 5.97 Å². The van der Waals surface area contributed by atoms with Gasteiger partial charge in [0.25, 0.3) is 0 Å². The minimum atomic E-state index is -1.05. The van der Waals surface area contributed by atoms with Crippen LogP contribution in [-0.2, 0) is 5.41 Å². The van der Waals surface area contributed by atoms with Gasteiger partial charge in [-0.1, -0.05) is 40.0 Å². The summed E-state index contributed by atoms with van der Waals surface area (Å²) in [6.45, 7) is 6.38. The zero-order chi connectivity index (χ0) is 22.3. The van der Waals surface area contributed by atoms with E-state index in [-0.39, 0.29) is 17.2 Å². The number of aromatic nitrogens is 5. The Labute approximate surface area is 182 Å². The average Bonchev–Trinajstić information content (AvgIpc) is 3.14. The van der Waals surface area contributed by atoms with Crippen molar-refractivity contribution in [2.45, 2.75) is 64.3 Å². The molecular weight excluding hydrogens is 392 g/mol. The van der Waals surface area contributed by atoms with Crippen LogP contribution in [0.5, 0.6) is 0 Å². The van der Waals surface area contributed by atoms with Gasteiger partial charge >= 0.3 is 5.97 Å². The molecule has 0 saturated heterocycles. The van der Waals surface area contributed by atoms with Crippen LogP contribution in [0.2, 0.25) is 0 Å². The fourth-order valence-corrected chi connectivity index (χ4v) is 4.27. The van der Waals surface area contributed by atoms with Crippen LogP contribution in [0.3, 0.4) is 0 Å². The Balaban J connectivity index is 2.01. The Morgan fingerprint density at radius 2 is 1.77 bits per heavy atom. The number of hydrogen-bond acceptors (Lipinski definition) is 6. The Morgan fingerprint density at radius 3 is 2.32 bits per heavy atom. The Kier molecular flexibility index (Phi) is 5.41. The quantitative estimate of drug-likeness (QED) is 0.663. The van der Waals surface area contributed by atoms with E-state index >= 15 is 0 Å². The van der Waals surface area contributed by atoms with Gasteiger partial charge in [0, 0.05) is 43.0 Å². The van der Waals surface area contributed by atoms with Crippen molar-refractivity contribution < 1.29 is 9.90 Å². The molecule has 0 bridgehead atoms. The zero-order valence-corrected chi connectivity index (χ0v) is 18.9. The molecule has 4 rings (SSSR count). The van der Waals surface area contributed by atoms with Gasteiger partial charge in [-0.3, -0.25) is 0 Å². The van der Waals surface area contributed by atoms with Gasteiger partial charge in [-0.2, -0.15) is 5.10 Å². The molecule has 164 valence electrons. The summed E-state index contributed by atoms with van der Waals surface area (Å²) in [5.41, 5.74) is 2.86. The first-order valence-electron chi connectivity index (χ1n) is 10.8. The van der Waals surface area contributed by atoms with Crippen LogP contribution in [0.25, 0.3) is 22.2 Å². The third kappa shape index (κ3) is 3.98. The summed E-state index contributed by atoms with van der Waals surface area (Å²) in [6.07, 6.45) is 9.10. The number of carbonyl (C=O) groups is 1. The molecule has 0 radical (unpaired) electrons. The van der Waals surface area contributed by atoms with E-state index in [1.54, 1.807) is 18.5 Å². The second-order valence-corrected chi connectivity index (χ2v) is 9.56. The SMILES string of the molecule is CN(C)c1ncc(-c2cc(C(=O)O)nc3c2c(C(C)(C)C)nn3C2CCCCC2)cn1. The van der Waals surface area contributed by atoms with E-state index in [1.807, 2.05) is 23.7 Å². The van der Waals surface area contributed by atoms with Gasteiger partial charge in [-0.05, 0) is 18.9 Å². The van der Waals surface area contributed by atoms with Gasteiger partial charge in [0.1, 0.15) is 0 Å². The van der Waals surface area contributed by atoms with Crippen LogP contribution in [0.15, 0.2) is 18.5 Å². The minimum absolute atomic E-state index is 0.0107. The lowest BCUT2D eigenvalue weighted by molar-refractivity contribution is 0.0691. The van der Waals surface area contributed by atoms with Gasteiger partial charge < -0.3 is 10.0 Å². The monoisotopic (exact) mass is 422 g/mol. The summed E-state index contributed by atoms with van der Waals surface area (Å²) >= 11 is 0. The summed E-state index contributed by atoms with van der Waals surface area (Å²) < 4.78 is 1.99. The van der Waals surface area contributed by atoms with Crippen LogP contribution >= 0.6 is 0 Å². The largest absolute Gasteiger partial charge is 0.477 e. The third-order valence-electron chi connectivity index (χ3n) is 5.86. The Hall–Kier alpha value is -3.03. The van der Waals surface area contributed by atoms with Gasteiger partial charge in [0.05, 0.1) is 17.1 Å². The van der Waals surface area contributed by atoms with Crippen LogP contribution in [0.1, 0.15) is 75.1 Å². The predicted molar refractivity (Wildman–Crippen MR) is 121 cm³/mol. The first-order valence-corrected chi connectivity index (χ1v) is 10.8. The third-order valence-corrected chi connectivity index (χ3v) is 5.86. The highest BCUT2D eigenvalue weighted by atomic mass is 16.4. The highest BCUT2D eigenvalue weighted by molar-refractivity contribution is 5.99. The van der Waals surface area contributed by atoms with Crippen LogP contribution in [0, 0.1) is 0 Å². The maximum Gasteiger partial charge on any atom is 0.354 e. The lowest BCUT2D eigenvalue weighted by atomic mass is 9.88. The maximum atomic E-state index is 11.9. The Morgan fingerprint density at radius 1 is 1.13 bits per heavy atom. The number of rotatable bonds is 4. The van der Waals surface area contributed by atoms with Crippen molar-refractivity contribution >= 4 is 23.0 Å². The summed E-state index contributed by atoms with van der Waals surface area (Å²) in [7, 11) is 3.77. The molecule has 3 aromatic rings. The number of carboxylic acid groups (broad SMARTS) is 1. The molecule has 1 fully saturated rings. The number of anilines is 1. The van der Waals surface area contributed by atoms with Crippen LogP contribution < -0.4 is 4.90 Å². The summed E-state index contributed by atoms with van der Waals surface area (Å²) in [5.74, 6) is -0.455. The van der Waals surface area contributed by atoms with Crippen molar-refractivity contribution in [3.05, 3.63) is 29.8 Å². The van der Waals surface area contributed by atoms with Crippen molar-refractivity contribution in [2.75, 3.05) is 19.0 Å². The van der Waals surface area contributed by atoms with Crippen molar-refractivity contribution in [1.82, 2.24) is 24.7 Å². The second kappa shape index (κ2) is 7.90. The number of hydrogen-bond donors (Lipinski definition) is 1. The van der Waals surface area contributed by atoms with E-state index in [2.05, 4.69) is 35.7 Å². The molecule has 1 saturated carbocycles. The number of aromatic carboxylic acids is 1. The first-order chi connectivity index (χ1) is 14.7. The van der Waals surface area contributed by atoms with Crippen molar-refractivity contribution in [3.8, 4) is 11.1 Å². The summed E-state index contributed by atoms with van der Waals surface area (Å²) in [6, 6.07) is 1.87. The topological polar surface area (TPSA) is 97.0 Å². The van der Waals surface area contributed by atoms with E-state index in [4.69, 9.17) is 5.10 Å². The average molecular weight is 423 g/mol. The highest BCUT2D eigenvalue weighted by Gasteiger charge is 2.30. The molecule has 8 heteroatoms. The van der Waals surface area contributed by atoms with Crippen LogP contribution in [0.4, 0.5) is 5.95 Å². The molecule has 0 amide bonds. The van der Waals surface area contributed by atoms with E-state index in [0.717, 1.165) is 47.9 Å². The fraction of sp³-hybridized carbons (Fsp3) is 0.522. The molecule has 1 aliphatic carbocycles. The molecule has 1 aliphatic rings. The molecule has 8 nitrogen and oxygen atoms in total. The number of fused-ring (bicyclic) bond motifs is 1. The molecule has 1 N–H and O–H groups in total. The molecule has 0 aliphatic heterocycles. The normalized spacial score (nSPS) is 15.4. The smallest absolute Gasteiger partial charge is 0.354 e. The lowest BCUT2D eigenvalue weighted by Crippen LogP contribution is -2.17. The van der Waals surface area contributed by atoms with Gasteiger partial charge in [-0.15, -0.1) is 0 Å². The Bertz CT molecular complexity index is 1110. The minimum Gasteiger partial charge on any atom is -0.477 e. The standard InChI is InChI=1S/C23H30N6O2/c1-23(2,3)19-18-16(14-12-24-22(25-13-14)28(4)5)11-17(21(30)31)26-20(18)29(27-19)15-9-7-6-8-10-15/h11-13,15H,6-10H2,1-5H3,(H,30,31).